The molecule has 0 amide bonds. The Balaban J connectivity index is 2.40. The predicted octanol–water partition coefficient (Wildman–Crippen LogP) is 1.39. The molecule has 1 fully saturated rings. The number of aliphatic hydroxyl groups is 1. The number of aromatic hydroxyl groups is 1. The van der Waals surface area contributed by atoms with Gasteiger partial charge in [-0.15, -0.1) is 0 Å². The first-order chi connectivity index (χ1) is 7.60. The molecule has 86 valence electrons. The maximum absolute atomic E-state index is 11.2. The second-order valence-electron chi connectivity index (χ2n) is 4.24. The van der Waals surface area contributed by atoms with Crippen molar-refractivity contribution in [3.63, 3.8) is 0 Å². The highest BCUT2D eigenvalue weighted by molar-refractivity contribution is 5.82. The first-order valence-corrected chi connectivity index (χ1v) is 5.27. The molecule has 0 heterocycles. The summed E-state index contributed by atoms with van der Waals surface area (Å²) in [6.07, 6.45) is 2.12. The van der Waals surface area contributed by atoms with Crippen LogP contribution >= 0.6 is 0 Å². The highest BCUT2D eigenvalue weighted by Gasteiger charge is 2.46. The number of carbonyl (C=O) groups is 1. The molecular formula is C12H14O4. The average Bonchev–Trinajstić information content (AvgIpc) is 2.15. The van der Waals surface area contributed by atoms with Crippen molar-refractivity contribution in [3.05, 3.63) is 29.3 Å². The summed E-state index contributed by atoms with van der Waals surface area (Å²) < 4.78 is 0. The number of carboxylic acids is 1. The van der Waals surface area contributed by atoms with Crippen molar-refractivity contribution in [2.75, 3.05) is 0 Å². The van der Waals surface area contributed by atoms with E-state index in [4.69, 9.17) is 5.11 Å². The highest BCUT2D eigenvalue weighted by Crippen LogP contribution is 2.45. The van der Waals surface area contributed by atoms with E-state index in [1.54, 1.807) is 12.1 Å². The van der Waals surface area contributed by atoms with E-state index in [9.17, 15) is 15.0 Å². The van der Waals surface area contributed by atoms with Gasteiger partial charge in [-0.05, 0) is 24.5 Å². The van der Waals surface area contributed by atoms with Crippen molar-refractivity contribution in [1.82, 2.24) is 0 Å². The number of hydrogen-bond acceptors (Lipinski definition) is 3. The standard InChI is InChI=1S/C12H14O4/c13-7-8-2-3-9(6-10(8)14)12(11(15)16)4-1-5-12/h2-3,6,13-14H,1,4-5,7H2,(H,15,16). The maximum atomic E-state index is 11.2. The lowest BCUT2D eigenvalue weighted by Crippen LogP contribution is -2.42. The van der Waals surface area contributed by atoms with Crippen LogP contribution in [0, 0.1) is 0 Å². The summed E-state index contributed by atoms with van der Waals surface area (Å²) in [5.41, 5.74) is 0.218. The average molecular weight is 222 g/mol. The minimum Gasteiger partial charge on any atom is -0.508 e. The summed E-state index contributed by atoms with van der Waals surface area (Å²) in [6.45, 7) is -0.244. The fourth-order valence-electron chi connectivity index (χ4n) is 2.15. The molecule has 1 saturated carbocycles. The summed E-state index contributed by atoms with van der Waals surface area (Å²) >= 11 is 0. The van der Waals surface area contributed by atoms with Crippen LogP contribution in [0.1, 0.15) is 30.4 Å². The van der Waals surface area contributed by atoms with Crippen LogP contribution in [0.25, 0.3) is 0 Å². The van der Waals surface area contributed by atoms with Gasteiger partial charge >= 0.3 is 5.97 Å². The van der Waals surface area contributed by atoms with Gasteiger partial charge in [0, 0.05) is 5.56 Å². The minimum absolute atomic E-state index is 0.0347. The Hall–Kier alpha value is -1.55. The summed E-state index contributed by atoms with van der Waals surface area (Å²) in [5.74, 6) is -0.873. The number of phenols is 1. The SMILES string of the molecule is O=C(O)C1(c2ccc(CO)c(O)c2)CCC1. The van der Waals surface area contributed by atoms with Gasteiger partial charge in [-0.25, -0.2) is 0 Å². The monoisotopic (exact) mass is 222 g/mol. The first kappa shape index (κ1) is 11.0. The number of hydrogen-bond donors (Lipinski definition) is 3. The Morgan fingerprint density at radius 2 is 2.06 bits per heavy atom. The van der Waals surface area contributed by atoms with E-state index in [0.717, 1.165) is 6.42 Å². The third-order valence-electron chi connectivity index (χ3n) is 3.42. The van der Waals surface area contributed by atoms with E-state index in [0.29, 0.717) is 24.0 Å². The number of aliphatic carboxylic acids is 1. The maximum Gasteiger partial charge on any atom is 0.314 e. The Kier molecular flexibility index (Phi) is 2.59. The molecule has 0 atom stereocenters. The lowest BCUT2D eigenvalue weighted by molar-refractivity contribution is -0.147. The smallest absolute Gasteiger partial charge is 0.314 e. The van der Waals surface area contributed by atoms with E-state index in [2.05, 4.69) is 0 Å². The van der Waals surface area contributed by atoms with E-state index in [1.807, 2.05) is 0 Å². The predicted molar refractivity (Wildman–Crippen MR) is 57.2 cm³/mol. The summed E-state index contributed by atoms with van der Waals surface area (Å²) in [5, 5.41) is 27.7. The number of aliphatic hydroxyl groups excluding tert-OH is 1. The van der Waals surface area contributed by atoms with E-state index in [1.165, 1.54) is 6.07 Å². The zero-order valence-corrected chi connectivity index (χ0v) is 8.81. The molecule has 0 aliphatic heterocycles. The van der Waals surface area contributed by atoms with Gasteiger partial charge in [0.15, 0.2) is 0 Å². The number of benzene rings is 1. The van der Waals surface area contributed by atoms with Gasteiger partial charge < -0.3 is 15.3 Å². The zero-order chi connectivity index (χ0) is 11.8. The van der Waals surface area contributed by atoms with Crippen LogP contribution < -0.4 is 0 Å². The molecule has 4 heteroatoms. The molecule has 0 radical (unpaired) electrons. The molecule has 1 aliphatic carbocycles. The molecule has 1 aromatic rings. The molecule has 0 aromatic heterocycles. The fraction of sp³-hybridized carbons (Fsp3) is 0.417. The molecule has 0 saturated heterocycles. The Bertz CT molecular complexity index is 421. The second kappa shape index (κ2) is 3.79. The van der Waals surface area contributed by atoms with Crippen LogP contribution in [0.5, 0.6) is 5.75 Å². The molecule has 2 rings (SSSR count). The lowest BCUT2D eigenvalue weighted by Gasteiger charge is -2.38. The molecule has 3 N–H and O–H groups in total. The van der Waals surface area contributed by atoms with Crippen LogP contribution in [0.4, 0.5) is 0 Å². The molecule has 0 bridgehead atoms. The number of rotatable bonds is 3. The van der Waals surface area contributed by atoms with Crippen LogP contribution in [0.3, 0.4) is 0 Å². The van der Waals surface area contributed by atoms with E-state index >= 15 is 0 Å². The van der Waals surface area contributed by atoms with Gasteiger partial charge in [0.1, 0.15) is 5.75 Å². The van der Waals surface area contributed by atoms with Crippen molar-refractivity contribution in [1.29, 1.82) is 0 Å². The van der Waals surface area contributed by atoms with Gasteiger partial charge in [-0.3, -0.25) is 4.79 Å². The van der Waals surface area contributed by atoms with Crippen LogP contribution in [0.15, 0.2) is 18.2 Å². The van der Waals surface area contributed by atoms with E-state index in [-0.39, 0.29) is 12.4 Å². The molecule has 0 spiro atoms. The Labute approximate surface area is 93.2 Å². The summed E-state index contributed by atoms with van der Waals surface area (Å²) in [7, 11) is 0. The molecule has 1 aromatic carbocycles. The summed E-state index contributed by atoms with van der Waals surface area (Å²) in [6, 6.07) is 4.71. The third-order valence-corrected chi connectivity index (χ3v) is 3.42. The van der Waals surface area contributed by atoms with Gasteiger partial charge in [-0.1, -0.05) is 18.6 Å². The minimum atomic E-state index is -0.838. The highest BCUT2D eigenvalue weighted by atomic mass is 16.4. The van der Waals surface area contributed by atoms with Crippen LogP contribution in [-0.4, -0.2) is 21.3 Å². The molecular weight excluding hydrogens is 208 g/mol. The topological polar surface area (TPSA) is 77.8 Å². The zero-order valence-electron chi connectivity index (χ0n) is 8.81. The second-order valence-corrected chi connectivity index (χ2v) is 4.24. The molecule has 1 aliphatic rings. The van der Waals surface area contributed by atoms with Crippen molar-refractivity contribution < 1.29 is 20.1 Å². The number of carboxylic acid groups (broad SMARTS) is 1. The van der Waals surface area contributed by atoms with E-state index < -0.39 is 11.4 Å². The van der Waals surface area contributed by atoms with Gasteiger partial charge in [0.2, 0.25) is 0 Å². The molecule has 16 heavy (non-hydrogen) atoms. The molecule has 0 unspecified atom stereocenters. The quantitative estimate of drug-likeness (QED) is 0.722. The van der Waals surface area contributed by atoms with Crippen molar-refractivity contribution in [2.45, 2.75) is 31.3 Å². The third kappa shape index (κ3) is 1.46. The normalized spacial score (nSPS) is 17.8. The largest absolute Gasteiger partial charge is 0.508 e. The lowest BCUT2D eigenvalue weighted by atomic mass is 9.64. The Morgan fingerprint density at radius 3 is 2.44 bits per heavy atom. The van der Waals surface area contributed by atoms with Gasteiger partial charge in [-0.2, -0.15) is 0 Å². The first-order valence-electron chi connectivity index (χ1n) is 5.27. The van der Waals surface area contributed by atoms with Gasteiger partial charge in [0.05, 0.1) is 12.0 Å². The van der Waals surface area contributed by atoms with Crippen molar-refractivity contribution in [2.24, 2.45) is 0 Å². The van der Waals surface area contributed by atoms with Crippen molar-refractivity contribution in [3.8, 4) is 5.75 Å². The summed E-state index contributed by atoms with van der Waals surface area (Å²) in [4.78, 5) is 11.2. The van der Waals surface area contributed by atoms with Crippen molar-refractivity contribution >= 4 is 5.97 Å². The Morgan fingerprint density at radius 1 is 1.38 bits per heavy atom. The fourth-order valence-corrected chi connectivity index (χ4v) is 2.15. The van der Waals surface area contributed by atoms with Crippen LogP contribution in [-0.2, 0) is 16.8 Å². The van der Waals surface area contributed by atoms with Gasteiger partial charge in [0.25, 0.3) is 0 Å². The molecule has 4 nitrogen and oxygen atoms in total. The van der Waals surface area contributed by atoms with Crippen LogP contribution in [0.2, 0.25) is 0 Å².